The number of hydrogen-bond acceptors (Lipinski definition) is 10. The maximum atomic E-state index is 10.1. The summed E-state index contributed by atoms with van der Waals surface area (Å²) in [5, 5.41) is 38.9. The van der Waals surface area contributed by atoms with Gasteiger partial charge in [-0.25, -0.2) is 8.42 Å². The zero-order valence-electron chi connectivity index (χ0n) is 11.2. The Balaban J connectivity index is -0.0000000627. The molecule has 0 unspecified atom stereocenters. The molecule has 0 aliphatic carbocycles. The van der Waals surface area contributed by atoms with Crippen molar-refractivity contribution in [3.8, 4) is 0 Å². The van der Waals surface area contributed by atoms with Gasteiger partial charge in [0, 0.05) is 24.8 Å². The molecule has 0 radical (unpaired) electrons. The number of carboxylic acid groups (broad SMARTS) is 3. The number of halogens is 1. The van der Waals surface area contributed by atoms with E-state index in [9.17, 15) is 29.7 Å². The molecule has 0 fully saturated rings. The van der Waals surface area contributed by atoms with E-state index in [0.29, 0.717) is 0 Å². The fraction of sp³-hybridized carbons (Fsp3) is 0.500. The standard InChI is InChI=1S/C6H8O7.ClH.2Mg.Na.H2O4S/c7-3(8)1-6(13,5(11)12)2-4(9)10;;;;;1-5(2,3)4/h13H,1-2H2,(H,7,8)(H,9,10)(H,11,12);1H;;;;(H2,1,2,3,4)/q;;2*+2;+1;/p-5. The minimum Gasteiger partial charge on any atom is -1.00 e. The average Bonchev–Trinajstić information content (AvgIpc) is 1.95. The van der Waals surface area contributed by atoms with E-state index in [-0.39, 0.29) is 88.1 Å². The predicted octanol–water partition coefficient (Wildman–Crippen LogP) is -13.0. The van der Waals surface area contributed by atoms with Gasteiger partial charge in [0.05, 0.1) is 5.97 Å². The Bertz CT molecular complexity index is 418. The molecule has 114 valence electrons. The Morgan fingerprint density at radius 3 is 1.23 bits per heavy atom. The average molecular weight is 393 g/mol. The van der Waals surface area contributed by atoms with Gasteiger partial charge in [0.1, 0.15) is 5.60 Å². The summed E-state index contributed by atoms with van der Waals surface area (Å²) in [4.78, 5) is 30.0. The second kappa shape index (κ2) is 16.9. The van der Waals surface area contributed by atoms with E-state index in [1.165, 1.54) is 0 Å². The molecule has 11 nitrogen and oxygen atoms in total. The molecule has 0 bridgehead atoms. The molecule has 0 spiro atoms. The molecule has 0 aliphatic heterocycles. The molecule has 0 aromatic heterocycles. The van der Waals surface area contributed by atoms with E-state index in [4.69, 9.17) is 22.6 Å². The monoisotopic (exact) mass is 392 g/mol. The summed E-state index contributed by atoms with van der Waals surface area (Å²) in [6, 6.07) is 0. The van der Waals surface area contributed by atoms with Crippen LogP contribution in [-0.2, 0) is 24.8 Å². The van der Waals surface area contributed by atoms with Gasteiger partial charge in [-0.05, 0) is 0 Å². The Morgan fingerprint density at radius 1 is 0.955 bits per heavy atom. The van der Waals surface area contributed by atoms with Crippen LogP contribution in [0.15, 0.2) is 0 Å². The van der Waals surface area contributed by atoms with Gasteiger partial charge in [-0.2, -0.15) is 0 Å². The zero-order chi connectivity index (χ0) is 15.1. The summed E-state index contributed by atoms with van der Waals surface area (Å²) in [7, 11) is -4.92. The first kappa shape index (κ1) is 38.6. The smallest absolute Gasteiger partial charge is 1.00 e. The summed E-state index contributed by atoms with van der Waals surface area (Å²) in [6.45, 7) is 0. The molecule has 0 heterocycles. The number of carbonyl (C=O) groups excluding carboxylic acids is 3. The van der Waals surface area contributed by atoms with Crippen LogP contribution in [0.4, 0.5) is 0 Å². The van der Waals surface area contributed by atoms with Gasteiger partial charge in [0.25, 0.3) is 0 Å². The second-order valence-corrected chi connectivity index (χ2v) is 3.70. The van der Waals surface area contributed by atoms with Crippen LogP contribution in [0.3, 0.4) is 0 Å². The van der Waals surface area contributed by atoms with Crippen LogP contribution in [0.2, 0.25) is 0 Å². The van der Waals surface area contributed by atoms with Crippen molar-refractivity contribution in [2.24, 2.45) is 0 Å². The minimum atomic E-state index is -4.92. The second-order valence-electron chi connectivity index (χ2n) is 2.84. The summed E-state index contributed by atoms with van der Waals surface area (Å²) in [5.74, 6) is -5.98. The van der Waals surface area contributed by atoms with Gasteiger partial charge in [0.15, 0.2) is 0 Å². The fourth-order valence-electron chi connectivity index (χ4n) is 0.684. The van der Waals surface area contributed by atoms with Crippen LogP contribution in [-0.4, -0.2) is 92.2 Å². The van der Waals surface area contributed by atoms with E-state index < -0.39 is 46.7 Å². The first-order valence-corrected chi connectivity index (χ1v) is 5.16. The van der Waals surface area contributed by atoms with Crippen molar-refractivity contribution in [2.75, 3.05) is 0 Å². The summed E-state index contributed by atoms with van der Waals surface area (Å²) < 4.78 is 32.8. The van der Waals surface area contributed by atoms with Gasteiger partial charge in [-0.3, -0.25) is 4.55 Å². The SMILES string of the molecule is O=C([O-])CC(O)(CC(=O)[O-])C(=O)[O-].O=S(=O)([O-])O.[Cl-].[Mg+2].[Mg+2].[Na+]. The van der Waals surface area contributed by atoms with Gasteiger partial charge in [-0.15, -0.1) is 0 Å². The Kier molecular flexibility index (Phi) is 29.6. The van der Waals surface area contributed by atoms with Crippen molar-refractivity contribution < 1.29 is 94.3 Å². The molecule has 0 rings (SSSR count). The third-order valence-corrected chi connectivity index (χ3v) is 1.25. The first-order valence-electron chi connectivity index (χ1n) is 3.80. The van der Waals surface area contributed by atoms with E-state index in [1.807, 2.05) is 0 Å². The normalized spacial score (nSPS) is 9.05. The van der Waals surface area contributed by atoms with Crippen LogP contribution in [0.5, 0.6) is 0 Å². The Morgan fingerprint density at radius 2 is 1.14 bits per heavy atom. The van der Waals surface area contributed by atoms with Gasteiger partial charge in [-0.1, -0.05) is 0 Å². The first-order chi connectivity index (χ1) is 7.78. The summed E-state index contributed by atoms with van der Waals surface area (Å²) in [6.07, 6.45) is -2.72. The maximum absolute atomic E-state index is 10.1. The fourth-order valence-corrected chi connectivity index (χ4v) is 0.684. The molecule has 22 heavy (non-hydrogen) atoms. The van der Waals surface area contributed by atoms with E-state index in [1.54, 1.807) is 0 Å². The maximum Gasteiger partial charge on any atom is 2.00 e. The third-order valence-electron chi connectivity index (χ3n) is 1.25. The minimum absolute atomic E-state index is 0. The molecular weight excluding hydrogens is 387 g/mol. The van der Waals surface area contributed by atoms with Crippen molar-refractivity contribution in [2.45, 2.75) is 18.4 Å². The Hall–Kier alpha value is 1.06. The van der Waals surface area contributed by atoms with Crippen LogP contribution < -0.4 is 57.3 Å². The number of aliphatic hydroxyl groups is 1. The molecule has 0 atom stereocenters. The van der Waals surface area contributed by atoms with E-state index in [0.717, 1.165) is 0 Å². The van der Waals surface area contributed by atoms with Crippen LogP contribution in [0, 0.1) is 0 Å². The summed E-state index contributed by atoms with van der Waals surface area (Å²) >= 11 is 0. The number of carbonyl (C=O) groups is 3. The van der Waals surface area contributed by atoms with Crippen LogP contribution in [0.1, 0.15) is 12.8 Å². The van der Waals surface area contributed by atoms with E-state index in [2.05, 4.69) is 0 Å². The van der Waals surface area contributed by atoms with Gasteiger partial charge >= 0.3 is 75.7 Å². The number of hydrogen-bond donors (Lipinski definition) is 2. The summed E-state index contributed by atoms with van der Waals surface area (Å²) in [5.41, 5.74) is -2.97. The quantitative estimate of drug-likeness (QED) is 0.254. The molecule has 0 saturated heterocycles. The van der Waals surface area contributed by atoms with Crippen LogP contribution >= 0.6 is 0 Å². The molecule has 0 saturated carbocycles. The largest absolute Gasteiger partial charge is 2.00 e. The molecule has 0 aromatic carbocycles. The van der Waals surface area contributed by atoms with E-state index >= 15 is 0 Å². The zero-order valence-corrected chi connectivity index (χ0v) is 17.6. The van der Waals surface area contributed by atoms with Crippen molar-refractivity contribution in [1.82, 2.24) is 0 Å². The Labute approximate surface area is 185 Å². The van der Waals surface area contributed by atoms with Crippen molar-refractivity contribution >= 4 is 74.4 Å². The number of aliphatic carboxylic acids is 3. The third kappa shape index (κ3) is 29.1. The molecular formula is C6H6ClMg2NaO11S. The molecule has 0 aliphatic rings. The molecule has 16 heteroatoms. The van der Waals surface area contributed by atoms with Gasteiger partial charge in [0.2, 0.25) is 10.4 Å². The number of carboxylic acids is 3. The molecule has 0 aromatic rings. The number of rotatable bonds is 5. The van der Waals surface area contributed by atoms with Gasteiger partial charge < -0.3 is 51.8 Å². The van der Waals surface area contributed by atoms with Crippen molar-refractivity contribution in [3.05, 3.63) is 0 Å². The molecule has 2 N–H and O–H groups in total. The van der Waals surface area contributed by atoms with Crippen molar-refractivity contribution in [3.63, 3.8) is 0 Å². The molecule has 0 amide bonds. The predicted molar refractivity (Wildman–Crippen MR) is 53.0 cm³/mol. The topological polar surface area (TPSA) is 218 Å². The van der Waals surface area contributed by atoms with Crippen LogP contribution in [0.25, 0.3) is 0 Å². The van der Waals surface area contributed by atoms with Crippen molar-refractivity contribution in [1.29, 1.82) is 0 Å².